The van der Waals surface area contributed by atoms with Gasteiger partial charge >= 0.3 is 29.6 Å². The van der Waals surface area contributed by atoms with Crippen LogP contribution in [0.4, 0.5) is 0 Å². The summed E-state index contributed by atoms with van der Waals surface area (Å²) >= 11 is 0. The quantitative estimate of drug-likeness (QED) is 0.273. The molecule has 0 aliphatic heterocycles. The second-order valence-electron chi connectivity index (χ2n) is 1.30. The van der Waals surface area contributed by atoms with Crippen molar-refractivity contribution in [3.63, 3.8) is 0 Å². The monoisotopic (exact) mass is 158 g/mol. The molecule has 54 valence electrons. The fourth-order valence-electron chi connectivity index (χ4n) is 0.0861. The van der Waals surface area contributed by atoms with Crippen LogP contribution in [-0.4, -0.2) is 6.10 Å². The summed E-state index contributed by atoms with van der Waals surface area (Å²) < 4.78 is 0. The first-order valence-electron chi connectivity index (χ1n) is 2.12. The van der Waals surface area contributed by atoms with Gasteiger partial charge in [-0.1, -0.05) is 0 Å². The maximum atomic E-state index is 9.14. The number of nitrogens with zero attached hydrogens (tertiary/aromatic N) is 2. The van der Waals surface area contributed by atoms with Crippen LogP contribution in [0.15, 0.2) is 10.7 Å². The van der Waals surface area contributed by atoms with Gasteiger partial charge in [0.05, 0.1) is 0 Å². The summed E-state index contributed by atoms with van der Waals surface area (Å²) in [7, 11) is 0. The van der Waals surface area contributed by atoms with Gasteiger partial charge in [0.2, 0.25) is 0 Å². The summed E-state index contributed by atoms with van der Waals surface area (Å²) in [6, 6.07) is 0. The molecule has 0 saturated carbocycles. The average Bonchev–Trinajstić information content (AvgIpc) is 1.67. The third kappa shape index (κ3) is 46.0. The Labute approximate surface area is 80.1 Å². The van der Waals surface area contributed by atoms with Crippen LogP contribution in [0, 0.1) is 15.0 Å². The number of rotatable bonds is 2. The zero-order valence-electron chi connectivity index (χ0n) is 6.10. The van der Waals surface area contributed by atoms with Gasteiger partial charge in [-0.05, 0) is 13.8 Å². The van der Waals surface area contributed by atoms with E-state index in [1.807, 2.05) is 0 Å². The first-order chi connectivity index (χ1) is 4.18. The zero-order valence-corrected chi connectivity index (χ0v) is 8.10. The summed E-state index contributed by atoms with van der Waals surface area (Å²) in [4.78, 5) is 21.3. The van der Waals surface area contributed by atoms with Crippen molar-refractivity contribution in [3.8, 4) is 0 Å². The van der Waals surface area contributed by atoms with Crippen LogP contribution in [0.3, 0.4) is 0 Å². The van der Waals surface area contributed by atoms with Gasteiger partial charge in [0.15, 0.2) is 5.34 Å². The predicted octanol–water partition coefficient (Wildman–Crippen LogP) is -1.65. The Morgan fingerprint density at radius 3 is 1.70 bits per heavy atom. The molecule has 6 nitrogen and oxygen atoms in total. The largest absolute Gasteiger partial charge is 1.00 e. The topological polar surface area (TPSA) is 91.2 Å². The fraction of sp³-hybridized carbons (Fsp3) is 1.00. The molecule has 0 aromatic carbocycles. The summed E-state index contributed by atoms with van der Waals surface area (Å²) in [5.41, 5.74) is 0. The van der Waals surface area contributed by atoms with E-state index in [1.165, 1.54) is 0 Å². The molecule has 0 radical (unpaired) electrons. The summed E-state index contributed by atoms with van der Waals surface area (Å²) in [6.45, 7) is 3.48. The normalized spacial score (nSPS) is 6.30. The van der Waals surface area contributed by atoms with Crippen molar-refractivity contribution in [1.82, 2.24) is 0 Å². The molecule has 10 heavy (non-hydrogen) atoms. The van der Waals surface area contributed by atoms with Gasteiger partial charge in [-0.15, -0.1) is 10.2 Å². The molecule has 0 atom stereocenters. The molecule has 0 spiro atoms. The molecule has 0 aliphatic rings. The third-order valence-electron chi connectivity index (χ3n) is 0.254. The number of hydrogen-bond donors (Lipinski definition) is 0. The smallest absolute Gasteiger partial charge is 0.444 e. The maximum absolute atomic E-state index is 9.14. The van der Waals surface area contributed by atoms with Crippen LogP contribution in [0.5, 0.6) is 0 Å². The van der Waals surface area contributed by atoms with Gasteiger partial charge < -0.3 is 15.0 Å². The van der Waals surface area contributed by atoms with Crippen molar-refractivity contribution in [2.75, 3.05) is 0 Å². The second-order valence-corrected chi connectivity index (χ2v) is 1.30. The SMILES string of the molecule is CC(C)ON=O.O=N[O-].[Na+]. The molecule has 0 rings (SSSR count). The van der Waals surface area contributed by atoms with E-state index in [0.29, 0.717) is 0 Å². The van der Waals surface area contributed by atoms with Crippen LogP contribution < -0.4 is 29.6 Å². The third-order valence-corrected chi connectivity index (χ3v) is 0.254. The molecule has 7 heteroatoms. The Hall–Kier alpha value is -0.200. The minimum Gasteiger partial charge on any atom is -0.444 e. The van der Waals surface area contributed by atoms with Gasteiger partial charge in [-0.3, -0.25) is 0 Å². The minimum atomic E-state index is -0.0810. The van der Waals surface area contributed by atoms with Crippen molar-refractivity contribution in [2.24, 2.45) is 10.7 Å². The first kappa shape index (κ1) is 16.4. The molecule has 0 heterocycles. The van der Waals surface area contributed by atoms with Crippen molar-refractivity contribution in [3.05, 3.63) is 15.0 Å². The van der Waals surface area contributed by atoms with Crippen molar-refractivity contribution in [2.45, 2.75) is 20.0 Å². The molecular formula is C3H7N2NaO4. The molecule has 0 unspecified atom stereocenters. The van der Waals surface area contributed by atoms with Gasteiger partial charge in [0, 0.05) is 0 Å². The van der Waals surface area contributed by atoms with E-state index in [-0.39, 0.29) is 35.7 Å². The molecule has 0 aromatic rings. The second kappa shape index (κ2) is 15.9. The van der Waals surface area contributed by atoms with Crippen LogP contribution in [0.2, 0.25) is 0 Å². The van der Waals surface area contributed by atoms with Crippen molar-refractivity contribution in [1.29, 1.82) is 0 Å². The molecule has 0 aromatic heterocycles. The van der Waals surface area contributed by atoms with Crippen molar-refractivity contribution < 1.29 is 34.4 Å². The Balaban J connectivity index is -0.000000107. The summed E-state index contributed by atoms with van der Waals surface area (Å²) in [5, 5.41) is 11.2. The van der Waals surface area contributed by atoms with Crippen LogP contribution in [0.1, 0.15) is 13.8 Å². The molecule has 0 bridgehead atoms. The molecule has 0 saturated heterocycles. The maximum Gasteiger partial charge on any atom is 1.00 e. The zero-order chi connectivity index (χ0) is 7.70. The predicted molar refractivity (Wildman–Crippen MR) is 31.2 cm³/mol. The van der Waals surface area contributed by atoms with E-state index in [4.69, 9.17) is 15.0 Å². The van der Waals surface area contributed by atoms with Crippen LogP contribution in [-0.2, 0) is 4.84 Å². The minimum absolute atomic E-state index is 0. The molecule has 0 amide bonds. The van der Waals surface area contributed by atoms with E-state index in [1.54, 1.807) is 13.8 Å². The summed E-state index contributed by atoms with van der Waals surface area (Å²) in [6.07, 6.45) is -0.0810. The Kier molecular flexibility index (Phi) is 26.1. The van der Waals surface area contributed by atoms with Gasteiger partial charge in [-0.25, -0.2) is 0 Å². The first-order valence-corrected chi connectivity index (χ1v) is 2.12. The van der Waals surface area contributed by atoms with E-state index < -0.39 is 0 Å². The molecular weight excluding hydrogens is 151 g/mol. The van der Waals surface area contributed by atoms with Crippen LogP contribution in [0.25, 0.3) is 0 Å². The number of hydrogen-bond acceptors (Lipinski definition) is 6. The standard InChI is InChI=1S/C3H7NO2.HNO2.Na/c1-3(2)6-4-5;2-1-3;/h3H,1-2H3;(H,2,3);/q;;+1/p-1. The Bertz CT molecular complexity index is 78.9. The molecule has 0 N–H and O–H groups in total. The van der Waals surface area contributed by atoms with E-state index in [2.05, 4.69) is 10.2 Å². The van der Waals surface area contributed by atoms with E-state index in [9.17, 15) is 0 Å². The van der Waals surface area contributed by atoms with Gasteiger partial charge in [0.25, 0.3) is 0 Å². The Morgan fingerprint density at radius 2 is 1.70 bits per heavy atom. The molecule has 0 aliphatic carbocycles. The van der Waals surface area contributed by atoms with E-state index in [0.717, 1.165) is 5.34 Å². The van der Waals surface area contributed by atoms with Crippen molar-refractivity contribution >= 4 is 0 Å². The fourth-order valence-corrected chi connectivity index (χ4v) is 0.0861. The van der Waals surface area contributed by atoms with Crippen LogP contribution >= 0.6 is 0 Å². The average molecular weight is 158 g/mol. The molecule has 0 fully saturated rings. The van der Waals surface area contributed by atoms with E-state index >= 15 is 0 Å². The Morgan fingerprint density at radius 1 is 1.40 bits per heavy atom. The van der Waals surface area contributed by atoms with Gasteiger partial charge in [-0.2, -0.15) is 0 Å². The van der Waals surface area contributed by atoms with Gasteiger partial charge in [0.1, 0.15) is 6.10 Å². The summed E-state index contributed by atoms with van der Waals surface area (Å²) in [5.74, 6) is 0.